The Kier molecular flexibility index (Phi) is 4.92. The predicted octanol–water partition coefficient (Wildman–Crippen LogP) is 2.53. The van der Waals surface area contributed by atoms with Gasteiger partial charge in [0.1, 0.15) is 5.76 Å². The molecule has 1 aromatic carbocycles. The minimum absolute atomic E-state index is 0.128. The molecule has 3 rings (SSSR count). The van der Waals surface area contributed by atoms with Crippen molar-refractivity contribution in [3.8, 4) is 11.5 Å². The fourth-order valence-electron chi connectivity index (χ4n) is 2.45. The Labute approximate surface area is 151 Å². The zero-order valence-corrected chi connectivity index (χ0v) is 15.6. The van der Waals surface area contributed by atoms with Gasteiger partial charge in [0.25, 0.3) is 5.89 Å². The number of nitrogens with zero attached hydrogens (tertiary/aromatic N) is 3. The standard InChI is InChI=1S/C17H20N4O4S/c1-17(2,3)21-26(22,23)11-12-5-4-6-13(9-12)16-19-15(20-25-16)10-14-7-8-18-24-14/h4-9,21H,10-11H2,1-3H3. The van der Waals surface area contributed by atoms with Crippen molar-refractivity contribution in [1.29, 1.82) is 0 Å². The summed E-state index contributed by atoms with van der Waals surface area (Å²) in [6.45, 7) is 5.40. The minimum atomic E-state index is -3.46. The Bertz CT molecular complexity index is 972. The van der Waals surface area contributed by atoms with Crippen LogP contribution in [-0.4, -0.2) is 29.3 Å². The predicted molar refractivity (Wildman–Crippen MR) is 94.6 cm³/mol. The van der Waals surface area contributed by atoms with Crippen molar-refractivity contribution in [3.63, 3.8) is 0 Å². The van der Waals surface area contributed by atoms with E-state index in [-0.39, 0.29) is 5.75 Å². The topological polar surface area (TPSA) is 111 Å². The van der Waals surface area contributed by atoms with Crippen molar-refractivity contribution in [2.24, 2.45) is 0 Å². The van der Waals surface area contributed by atoms with Crippen LogP contribution in [-0.2, 0) is 22.2 Å². The molecule has 0 radical (unpaired) electrons. The lowest BCUT2D eigenvalue weighted by molar-refractivity contribution is 0.382. The molecule has 0 aliphatic rings. The summed E-state index contributed by atoms with van der Waals surface area (Å²) < 4.78 is 37.5. The fraction of sp³-hybridized carbons (Fsp3) is 0.353. The molecular formula is C17H20N4O4S. The molecule has 0 atom stereocenters. The van der Waals surface area contributed by atoms with Gasteiger partial charge in [-0.25, -0.2) is 13.1 Å². The van der Waals surface area contributed by atoms with E-state index in [1.807, 2.05) is 0 Å². The van der Waals surface area contributed by atoms with Crippen molar-refractivity contribution in [2.45, 2.75) is 38.5 Å². The van der Waals surface area contributed by atoms with Crippen LogP contribution in [0, 0.1) is 0 Å². The first-order chi connectivity index (χ1) is 12.2. The van der Waals surface area contributed by atoms with Gasteiger partial charge in [0, 0.05) is 17.2 Å². The molecule has 0 saturated carbocycles. The summed E-state index contributed by atoms with van der Waals surface area (Å²) in [4.78, 5) is 4.32. The first-order valence-electron chi connectivity index (χ1n) is 8.03. The Morgan fingerprint density at radius 2 is 1.96 bits per heavy atom. The van der Waals surface area contributed by atoms with E-state index in [1.165, 1.54) is 0 Å². The molecule has 0 amide bonds. The molecule has 0 spiro atoms. The van der Waals surface area contributed by atoms with Gasteiger partial charge >= 0.3 is 0 Å². The fourth-order valence-corrected chi connectivity index (χ4v) is 4.07. The molecule has 2 aromatic heterocycles. The zero-order chi connectivity index (χ0) is 18.8. The van der Waals surface area contributed by atoms with Crippen LogP contribution in [0.4, 0.5) is 0 Å². The van der Waals surface area contributed by atoms with Gasteiger partial charge in [-0.15, -0.1) is 0 Å². The highest BCUT2D eigenvalue weighted by molar-refractivity contribution is 7.88. The number of rotatable bonds is 6. The van der Waals surface area contributed by atoms with E-state index in [0.29, 0.717) is 35.0 Å². The maximum Gasteiger partial charge on any atom is 0.257 e. The minimum Gasteiger partial charge on any atom is -0.361 e. The summed E-state index contributed by atoms with van der Waals surface area (Å²) >= 11 is 0. The van der Waals surface area contributed by atoms with Crippen molar-refractivity contribution in [1.82, 2.24) is 20.0 Å². The number of hydrogen-bond acceptors (Lipinski definition) is 7. The molecule has 138 valence electrons. The molecule has 0 bridgehead atoms. The van der Waals surface area contributed by atoms with Gasteiger partial charge in [0.2, 0.25) is 10.0 Å². The van der Waals surface area contributed by atoms with Crippen LogP contribution in [0.25, 0.3) is 11.5 Å². The van der Waals surface area contributed by atoms with Crippen LogP contribution in [0.3, 0.4) is 0 Å². The van der Waals surface area contributed by atoms with Gasteiger partial charge in [-0.2, -0.15) is 4.98 Å². The average molecular weight is 376 g/mol. The molecule has 0 fully saturated rings. The third-order valence-electron chi connectivity index (χ3n) is 3.28. The largest absolute Gasteiger partial charge is 0.361 e. The summed E-state index contributed by atoms with van der Waals surface area (Å²) in [5.41, 5.74) is 0.762. The second-order valence-corrected chi connectivity index (χ2v) is 8.71. The van der Waals surface area contributed by atoms with Gasteiger partial charge in [0.05, 0.1) is 18.4 Å². The van der Waals surface area contributed by atoms with Crippen LogP contribution in [0.5, 0.6) is 0 Å². The van der Waals surface area contributed by atoms with Crippen LogP contribution >= 0.6 is 0 Å². The molecule has 3 aromatic rings. The van der Waals surface area contributed by atoms with E-state index in [0.717, 1.165) is 0 Å². The molecule has 26 heavy (non-hydrogen) atoms. The Morgan fingerprint density at radius 3 is 2.65 bits per heavy atom. The van der Waals surface area contributed by atoms with E-state index >= 15 is 0 Å². The Hall–Kier alpha value is -2.52. The summed E-state index contributed by atoms with van der Waals surface area (Å²) in [6.07, 6.45) is 1.92. The lowest BCUT2D eigenvalue weighted by atomic mass is 10.1. The third kappa shape index (κ3) is 4.99. The molecule has 8 nitrogen and oxygen atoms in total. The number of hydrogen-bond donors (Lipinski definition) is 1. The average Bonchev–Trinajstić information content (AvgIpc) is 3.16. The number of sulfonamides is 1. The SMILES string of the molecule is CC(C)(C)NS(=O)(=O)Cc1cccc(-c2nc(Cc3ccno3)no2)c1. The van der Waals surface area contributed by atoms with Crippen LogP contribution in [0.1, 0.15) is 37.9 Å². The van der Waals surface area contributed by atoms with Crippen molar-refractivity contribution < 1.29 is 17.5 Å². The molecule has 0 aliphatic carbocycles. The lowest BCUT2D eigenvalue weighted by Gasteiger charge is -2.20. The zero-order valence-electron chi connectivity index (χ0n) is 14.8. The first kappa shape index (κ1) is 18.3. The number of nitrogens with one attached hydrogen (secondary N) is 1. The van der Waals surface area contributed by atoms with Crippen molar-refractivity contribution in [2.75, 3.05) is 0 Å². The van der Waals surface area contributed by atoms with E-state index in [9.17, 15) is 8.42 Å². The van der Waals surface area contributed by atoms with E-state index in [2.05, 4.69) is 20.0 Å². The second-order valence-electron chi connectivity index (χ2n) is 6.98. The summed E-state index contributed by atoms with van der Waals surface area (Å²) in [5, 5.41) is 7.55. The summed E-state index contributed by atoms with van der Waals surface area (Å²) in [5.74, 6) is 1.29. The summed E-state index contributed by atoms with van der Waals surface area (Å²) in [7, 11) is -3.46. The monoisotopic (exact) mass is 376 g/mol. The second kappa shape index (κ2) is 7.00. The first-order valence-corrected chi connectivity index (χ1v) is 9.68. The molecule has 0 saturated heterocycles. The smallest absolute Gasteiger partial charge is 0.257 e. The summed E-state index contributed by atoms with van der Waals surface area (Å²) in [6, 6.07) is 8.76. The van der Waals surface area contributed by atoms with Gasteiger partial charge in [-0.3, -0.25) is 0 Å². The number of aromatic nitrogens is 3. The Morgan fingerprint density at radius 1 is 1.15 bits per heavy atom. The third-order valence-corrected chi connectivity index (χ3v) is 4.92. The van der Waals surface area contributed by atoms with Gasteiger partial charge in [-0.1, -0.05) is 22.4 Å². The quantitative estimate of drug-likeness (QED) is 0.703. The lowest BCUT2D eigenvalue weighted by Crippen LogP contribution is -2.41. The van der Waals surface area contributed by atoms with Crippen LogP contribution in [0.2, 0.25) is 0 Å². The molecule has 1 N–H and O–H groups in total. The highest BCUT2D eigenvalue weighted by Gasteiger charge is 2.21. The van der Waals surface area contributed by atoms with Crippen LogP contribution in [0.15, 0.2) is 45.6 Å². The molecule has 0 unspecified atom stereocenters. The van der Waals surface area contributed by atoms with E-state index < -0.39 is 15.6 Å². The van der Waals surface area contributed by atoms with Gasteiger partial charge in [0.15, 0.2) is 5.82 Å². The highest BCUT2D eigenvalue weighted by atomic mass is 32.2. The van der Waals surface area contributed by atoms with Crippen molar-refractivity contribution in [3.05, 3.63) is 53.7 Å². The maximum atomic E-state index is 12.3. The maximum absolute atomic E-state index is 12.3. The molecule has 0 aliphatic heterocycles. The molecule has 2 heterocycles. The van der Waals surface area contributed by atoms with E-state index in [4.69, 9.17) is 9.05 Å². The molecule has 9 heteroatoms. The normalized spacial score (nSPS) is 12.4. The highest BCUT2D eigenvalue weighted by Crippen LogP contribution is 2.20. The number of benzene rings is 1. The Balaban J connectivity index is 1.76. The van der Waals surface area contributed by atoms with Gasteiger partial charge in [-0.05, 0) is 38.5 Å². The van der Waals surface area contributed by atoms with Crippen molar-refractivity contribution >= 4 is 10.0 Å². The van der Waals surface area contributed by atoms with E-state index in [1.54, 1.807) is 57.3 Å². The van der Waals surface area contributed by atoms with Gasteiger partial charge < -0.3 is 9.05 Å². The molecular weight excluding hydrogens is 356 g/mol. The van der Waals surface area contributed by atoms with Crippen LogP contribution < -0.4 is 4.72 Å².